The topological polar surface area (TPSA) is 56.8 Å². The number of likely N-dealkylation sites (N-methyl/N-ethyl adjacent to an activating group) is 1. The van der Waals surface area contributed by atoms with Crippen LogP contribution in [0.3, 0.4) is 0 Å². The van der Waals surface area contributed by atoms with Crippen molar-refractivity contribution in [3.63, 3.8) is 0 Å². The Labute approximate surface area is 161 Å². The van der Waals surface area contributed by atoms with E-state index >= 15 is 0 Å². The first-order chi connectivity index (χ1) is 12.6. The molecule has 0 unspecified atom stereocenters. The van der Waals surface area contributed by atoms with Crippen molar-refractivity contribution >= 4 is 28.9 Å². The van der Waals surface area contributed by atoms with Crippen LogP contribution >= 0.6 is 12.2 Å². The highest BCUT2D eigenvalue weighted by Gasteiger charge is 2.16. The minimum absolute atomic E-state index is 0.0806. The smallest absolute Gasteiger partial charge is 0.240 e. The van der Waals surface area contributed by atoms with E-state index in [4.69, 9.17) is 17.0 Å². The second-order valence-corrected chi connectivity index (χ2v) is 7.07. The van der Waals surface area contributed by atoms with E-state index in [-0.39, 0.29) is 5.91 Å². The van der Waals surface area contributed by atoms with Crippen LogP contribution in [0.1, 0.15) is 26.2 Å². The molecule has 0 saturated carbocycles. The lowest BCUT2D eigenvalue weighted by Crippen LogP contribution is -2.49. The number of thiocarbonyl (C=S) groups is 1. The van der Waals surface area contributed by atoms with Crippen molar-refractivity contribution in [2.45, 2.75) is 26.2 Å². The van der Waals surface area contributed by atoms with Gasteiger partial charge >= 0.3 is 0 Å². The van der Waals surface area contributed by atoms with Crippen molar-refractivity contribution in [3.8, 4) is 5.75 Å². The van der Waals surface area contributed by atoms with E-state index in [2.05, 4.69) is 34.4 Å². The molecule has 0 spiro atoms. The summed E-state index contributed by atoms with van der Waals surface area (Å²) in [6.07, 6.45) is 3.44. The molecule has 1 amide bonds. The quantitative estimate of drug-likeness (QED) is 0.535. The lowest BCUT2D eigenvalue weighted by molar-refractivity contribution is -0.121. The molecule has 7 heteroatoms. The lowest BCUT2D eigenvalue weighted by atomic mass is 10.2. The number of piperazine rings is 1. The zero-order valence-corrected chi connectivity index (χ0v) is 16.6. The van der Waals surface area contributed by atoms with E-state index in [1.54, 1.807) is 0 Å². The van der Waals surface area contributed by atoms with Crippen LogP contribution in [0.4, 0.5) is 5.69 Å². The van der Waals surface area contributed by atoms with Crippen LogP contribution in [0.2, 0.25) is 0 Å². The number of hydrogen-bond acceptors (Lipinski definition) is 5. The first-order valence-electron chi connectivity index (χ1n) is 9.31. The van der Waals surface area contributed by atoms with E-state index in [0.29, 0.717) is 11.7 Å². The Hall–Kier alpha value is -1.70. The molecule has 0 aliphatic carbocycles. The summed E-state index contributed by atoms with van der Waals surface area (Å²) in [5, 5.41) is 6.10. The molecule has 1 aromatic rings. The highest BCUT2D eigenvalue weighted by atomic mass is 32.1. The first-order valence-corrected chi connectivity index (χ1v) is 9.72. The number of nitrogens with zero attached hydrogens (tertiary/aromatic N) is 2. The van der Waals surface area contributed by atoms with Gasteiger partial charge in [0.2, 0.25) is 5.91 Å². The number of amides is 1. The van der Waals surface area contributed by atoms with E-state index in [1.165, 1.54) is 12.8 Å². The average Bonchev–Trinajstić information content (AvgIpc) is 2.62. The van der Waals surface area contributed by atoms with Crippen molar-refractivity contribution < 1.29 is 9.53 Å². The molecular weight excluding hydrogens is 348 g/mol. The number of nitrogens with one attached hydrogen (secondary N) is 2. The number of carbonyl (C=O) groups is 1. The van der Waals surface area contributed by atoms with Gasteiger partial charge in [0.1, 0.15) is 5.75 Å². The molecule has 0 aromatic heterocycles. The summed E-state index contributed by atoms with van der Waals surface area (Å²) in [4.78, 5) is 16.5. The average molecular weight is 379 g/mol. The molecule has 26 heavy (non-hydrogen) atoms. The molecule has 1 aromatic carbocycles. The Morgan fingerprint density at radius 3 is 2.50 bits per heavy atom. The predicted octanol–water partition coefficient (Wildman–Crippen LogP) is 2.32. The maximum atomic E-state index is 12.1. The summed E-state index contributed by atoms with van der Waals surface area (Å²) in [5.74, 6) is 0.764. The second kappa shape index (κ2) is 11.1. The first kappa shape index (κ1) is 20.6. The highest BCUT2D eigenvalue weighted by molar-refractivity contribution is 7.80. The molecule has 1 heterocycles. The molecule has 6 nitrogen and oxygen atoms in total. The molecule has 0 radical (unpaired) electrons. The number of unbranched alkanes of at least 4 members (excludes halogenated alkanes) is 2. The summed E-state index contributed by atoms with van der Waals surface area (Å²) in [5.41, 5.74) is 0.829. The number of anilines is 1. The summed E-state index contributed by atoms with van der Waals surface area (Å²) >= 11 is 5.23. The van der Waals surface area contributed by atoms with Crippen molar-refractivity contribution in [3.05, 3.63) is 24.3 Å². The van der Waals surface area contributed by atoms with Gasteiger partial charge in [0, 0.05) is 31.9 Å². The number of ether oxygens (including phenoxy) is 1. The zero-order valence-electron chi connectivity index (χ0n) is 15.8. The Morgan fingerprint density at radius 1 is 1.15 bits per heavy atom. The Morgan fingerprint density at radius 2 is 1.85 bits per heavy atom. The van der Waals surface area contributed by atoms with Crippen molar-refractivity contribution in [2.75, 3.05) is 51.7 Å². The maximum absolute atomic E-state index is 12.1. The standard InChI is InChI=1S/C19H30N4O2S/c1-3-4-5-14-25-17-8-6-16(7-9-17)20-19(26)21-18(24)15-23-12-10-22(2)11-13-23/h6-9H,3-5,10-15H2,1-2H3,(H2,20,21,24,26). The normalized spacial score (nSPS) is 15.5. The molecule has 2 N–H and O–H groups in total. The summed E-state index contributed by atoms with van der Waals surface area (Å²) in [6.45, 7) is 7.08. The Bertz CT molecular complexity index is 571. The van der Waals surface area contributed by atoms with Crippen LogP contribution in [-0.4, -0.2) is 67.2 Å². The van der Waals surface area contributed by atoms with Gasteiger partial charge in [-0.25, -0.2) is 0 Å². The van der Waals surface area contributed by atoms with Crippen LogP contribution in [0.15, 0.2) is 24.3 Å². The minimum atomic E-state index is -0.0806. The zero-order chi connectivity index (χ0) is 18.8. The van der Waals surface area contributed by atoms with Crippen LogP contribution in [0.5, 0.6) is 5.75 Å². The molecule has 144 valence electrons. The van der Waals surface area contributed by atoms with Gasteiger partial charge in [0.05, 0.1) is 13.2 Å². The van der Waals surface area contributed by atoms with Gasteiger partial charge in [-0.2, -0.15) is 0 Å². The maximum Gasteiger partial charge on any atom is 0.240 e. The Kier molecular flexibility index (Phi) is 8.80. The number of benzene rings is 1. The molecule has 0 bridgehead atoms. The SMILES string of the molecule is CCCCCOc1ccc(NC(=S)NC(=O)CN2CCN(C)CC2)cc1. The lowest BCUT2D eigenvalue weighted by Gasteiger charge is -2.31. The van der Waals surface area contributed by atoms with Crippen molar-refractivity contribution in [1.82, 2.24) is 15.1 Å². The molecule has 0 atom stereocenters. The summed E-state index contributed by atoms with van der Waals surface area (Å²) in [6, 6.07) is 7.61. The highest BCUT2D eigenvalue weighted by Crippen LogP contribution is 2.16. The fraction of sp³-hybridized carbons (Fsp3) is 0.579. The monoisotopic (exact) mass is 378 g/mol. The third-order valence-corrected chi connectivity index (χ3v) is 4.55. The van der Waals surface area contributed by atoms with Gasteiger partial charge in [-0.15, -0.1) is 0 Å². The molecule has 1 aliphatic rings. The molecular formula is C19H30N4O2S. The second-order valence-electron chi connectivity index (χ2n) is 6.66. The fourth-order valence-corrected chi connectivity index (χ4v) is 2.95. The van der Waals surface area contributed by atoms with Crippen LogP contribution in [0, 0.1) is 0 Å². The van der Waals surface area contributed by atoms with Gasteiger partial charge in [0.25, 0.3) is 0 Å². The van der Waals surface area contributed by atoms with Crippen LogP contribution < -0.4 is 15.4 Å². The summed E-state index contributed by atoms with van der Waals surface area (Å²) in [7, 11) is 2.10. The number of rotatable bonds is 8. The van der Waals surface area contributed by atoms with E-state index in [9.17, 15) is 4.79 Å². The number of carbonyl (C=O) groups excluding carboxylic acids is 1. The van der Waals surface area contributed by atoms with Gasteiger partial charge in [-0.05, 0) is 50.0 Å². The van der Waals surface area contributed by atoms with Crippen molar-refractivity contribution in [1.29, 1.82) is 0 Å². The van der Waals surface area contributed by atoms with Crippen molar-refractivity contribution in [2.24, 2.45) is 0 Å². The Balaban J connectivity index is 1.69. The van der Waals surface area contributed by atoms with Gasteiger partial charge in [-0.3, -0.25) is 9.69 Å². The van der Waals surface area contributed by atoms with E-state index in [0.717, 1.165) is 50.6 Å². The van der Waals surface area contributed by atoms with Crippen LogP contribution in [-0.2, 0) is 4.79 Å². The largest absolute Gasteiger partial charge is 0.494 e. The summed E-state index contributed by atoms with van der Waals surface area (Å²) < 4.78 is 5.69. The fourth-order valence-electron chi connectivity index (χ4n) is 2.71. The van der Waals surface area contributed by atoms with Gasteiger partial charge in [-0.1, -0.05) is 19.8 Å². The molecule has 1 saturated heterocycles. The number of hydrogen-bond donors (Lipinski definition) is 2. The van der Waals surface area contributed by atoms with E-state index < -0.39 is 0 Å². The third kappa shape index (κ3) is 7.68. The van der Waals surface area contributed by atoms with Crippen LogP contribution in [0.25, 0.3) is 0 Å². The predicted molar refractivity (Wildman–Crippen MR) is 110 cm³/mol. The molecule has 2 rings (SSSR count). The minimum Gasteiger partial charge on any atom is -0.494 e. The van der Waals surface area contributed by atoms with E-state index in [1.807, 2.05) is 24.3 Å². The molecule has 1 fully saturated rings. The van der Waals surface area contributed by atoms with Gasteiger partial charge < -0.3 is 20.3 Å². The molecule has 1 aliphatic heterocycles. The van der Waals surface area contributed by atoms with Gasteiger partial charge in [0.15, 0.2) is 5.11 Å². The third-order valence-electron chi connectivity index (χ3n) is 4.34.